The van der Waals surface area contributed by atoms with Crippen LogP contribution in [-0.4, -0.2) is 20.9 Å². The fraction of sp³-hybridized carbons (Fsp3) is 0. The Labute approximate surface area is 218 Å². The Morgan fingerprint density at radius 3 is 2.50 bits per heavy atom. The Morgan fingerprint density at radius 1 is 1.00 bits per heavy atom. The SMILES string of the molecule is O=C(NC(=S)Nc1nc(-c2ccc(Oc3ccccc3)cc2)cs1)c1cc2cc([N+](=O)[O-])ccc2s1. The number of rotatable bonds is 6. The van der Waals surface area contributed by atoms with Crippen LogP contribution in [0.5, 0.6) is 11.5 Å². The second-order valence-corrected chi connectivity index (χ2v) is 9.83. The molecule has 0 radical (unpaired) electrons. The highest BCUT2D eigenvalue weighted by atomic mass is 32.1. The molecule has 0 aliphatic heterocycles. The molecular weight excluding hydrogens is 517 g/mol. The molecule has 0 fully saturated rings. The number of benzene rings is 3. The predicted octanol–water partition coefficient (Wildman–Crippen LogP) is 6.85. The molecule has 0 spiro atoms. The molecule has 0 saturated carbocycles. The maximum atomic E-state index is 12.6. The molecule has 5 rings (SSSR count). The molecule has 5 aromatic rings. The van der Waals surface area contributed by atoms with Gasteiger partial charge >= 0.3 is 0 Å². The molecule has 0 bridgehead atoms. The van der Waals surface area contributed by atoms with E-state index in [9.17, 15) is 14.9 Å². The third-order valence-electron chi connectivity index (χ3n) is 5.02. The Hall–Kier alpha value is -4.19. The number of fused-ring (bicyclic) bond motifs is 1. The molecule has 1 amide bonds. The number of thiophene rings is 1. The number of anilines is 1. The number of carbonyl (C=O) groups excluding carboxylic acids is 1. The number of nitrogens with one attached hydrogen (secondary N) is 2. The molecule has 0 aliphatic carbocycles. The first-order valence-electron chi connectivity index (χ1n) is 10.5. The van der Waals surface area contributed by atoms with Crippen LogP contribution in [0.2, 0.25) is 0 Å². The van der Waals surface area contributed by atoms with Gasteiger partial charge in [-0.15, -0.1) is 22.7 Å². The first-order chi connectivity index (χ1) is 17.4. The third-order valence-corrected chi connectivity index (χ3v) is 7.09. The summed E-state index contributed by atoms with van der Waals surface area (Å²) in [6.07, 6.45) is 0. The van der Waals surface area contributed by atoms with Gasteiger partial charge in [0, 0.05) is 33.2 Å². The van der Waals surface area contributed by atoms with Crippen molar-refractivity contribution in [2.45, 2.75) is 0 Å². The monoisotopic (exact) mass is 532 g/mol. The zero-order chi connectivity index (χ0) is 25.1. The lowest BCUT2D eigenvalue weighted by atomic mass is 10.2. The van der Waals surface area contributed by atoms with Gasteiger partial charge in [0.1, 0.15) is 11.5 Å². The van der Waals surface area contributed by atoms with E-state index in [1.165, 1.54) is 34.8 Å². The van der Waals surface area contributed by atoms with E-state index in [1.807, 2.05) is 60.0 Å². The standard InChI is InChI=1S/C25H16N4O4S3/c30-23(22-13-16-12-17(29(31)32)8-11-21(16)36-22)27-24(34)28-25-26-20(14-35-25)15-6-9-19(10-7-15)33-18-4-2-1-3-5-18/h1-14H,(H2,26,27,28,30,34). The molecular formula is C25H16N4O4S3. The van der Waals surface area contributed by atoms with Gasteiger partial charge in [-0.25, -0.2) is 4.98 Å². The van der Waals surface area contributed by atoms with Gasteiger partial charge in [0.25, 0.3) is 11.6 Å². The van der Waals surface area contributed by atoms with Crippen LogP contribution in [0.25, 0.3) is 21.3 Å². The number of para-hydroxylation sites is 1. The first-order valence-corrected chi connectivity index (χ1v) is 12.6. The van der Waals surface area contributed by atoms with Crippen molar-refractivity contribution in [1.29, 1.82) is 0 Å². The van der Waals surface area contributed by atoms with E-state index < -0.39 is 10.8 Å². The lowest BCUT2D eigenvalue weighted by Gasteiger charge is -2.06. The predicted molar refractivity (Wildman–Crippen MR) is 146 cm³/mol. The van der Waals surface area contributed by atoms with Gasteiger partial charge in [-0.2, -0.15) is 0 Å². The molecule has 2 heterocycles. The van der Waals surface area contributed by atoms with Crippen LogP contribution in [0, 0.1) is 10.1 Å². The highest BCUT2D eigenvalue weighted by Gasteiger charge is 2.15. The van der Waals surface area contributed by atoms with Crippen LogP contribution >= 0.6 is 34.9 Å². The van der Waals surface area contributed by atoms with Crippen molar-refractivity contribution in [3.8, 4) is 22.8 Å². The van der Waals surface area contributed by atoms with E-state index in [4.69, 9.17) is 17.0 Å². The topological polar surface area (TPSA) is 106 Å². The summed E-state index contributed by atoms with van der Waals surface area (Å²) >= 11 is 7.86. The Morgan fingerprint density at radius 2 is 1.75 bits per heavy atom. The van der Waals surface area contributed by atoms with E-state index in [0.29, 0.717) is 15.4 Å². The molecule has 178 valence electrons. The molecule has 0 atom stereocenters. The minimum atomic E-state index is -0.467. The Bertz CT molecular complexity index is 1580. The van der Waals surface area contributed by atoms with Gasteiger partial charge in [-0.05, 0) is 60.7 Å². The maximum Gasteiger partial charge on any atom is 0.270 e. The first kappa shape index (κ1) is 23.5. The van der Waals surface area contributed by atoms with Gasteiger partial charge in [0.05, 0.1) is 15.5 Å². The maximum absolute atomic E-state index is 12.6. The minimum Gasteiger partial charge on any atom is -0.457 e. The zero-order valence-corrected chi connectivity index (χ0v) is 20.8. The summed E-state index contributed by atoms with van der Waals surface area (Å²) in [7, 11) is 0. The number of non-ortho nitro benzene ring substituents is 1. The van der Waals surface area contributed by atoms with Crippen LogP contribution in [0.3, 0.4) is 0 Å². The lowest BCUT2D eigenvalue weighted by Crippen LogP contribution is -2.33. The van der Waals surface area contributed by atoms with Crippen molar-refractivity contribution in [2.75, 3.05) is 5.32 Å². The molecule has 11 heteroatoms. The van der Waals surface area contributed by atoms with Gasteiger partial charge in [-0.3, -0.25) is 20.2 Å². The summed E-state index contributed by atoms with van der Waals surface area (Å²) in [5, 5.41) is 19.7. The minimum absolute atomic E-state index is 0.0256. The largest absolute Gasteiger partial charge is 0.457 e. The van der Waals surface area contributed by atoms with Crippen molar-refractivity contribution in [3.63, 3.8) is 0 Å². The molecule has 3 aromatic carbocycles. The van der Waals surface area contributed by atoms with Crippen molar-refractivity contribution in [1.82, 2.24) is 10.3 Å². The number of thiocarbonyl (C=S) groups is 1. The van der Waals surface area contributed by atoms with Gasteiger partial charge in [-0.1, -0.05) is 18.2 Å². The number of amides is 1. The summed E-state index contributed by atoms with van der Waals surface area (Å²) in [4.78, 5) is 28.1. The van der Waals surface area contributed by atoms with E-state index in [-0.39, 0.29) is 10.8 Å². The van der Waals surface area contributed by atoms with Gasteiger partial charge in [0.2, 0.25) is 0 Å². The Balaban J connectivity index is 1.20. The van der Waals surface area contributed by atoms with Crippen LogP contribution in [0.1, 0.15) is 9.67 Å². The molecule has 2 aromatic heterocycles. The summed E-state index contributed by atoms with van der Waals surface area (Å²) in [6.45, 7) is 0. The van der Waals surface area contributed by atoms with Gasteiger partial charge < -0.3 is 10.1 Å². The van der Waals surface area contributed by atoms with Crippen molar-refractivity contribution in [2.24, 2.45) is 0 Å². The lowest BCUT2D eigenvalue weighted by molar-refractivity contribution is -0.384. The van der Waals surface area contributed by atoms with E-state index in [1.54, 1.807) is 12.1 Å². The number of carbonyl (C=O) groups is 1. The molecule has 8 nitrogen and oxygen atoms in total. The number of aromatic nitrogens is 1. The summed E-state index contributed by atoms with van der Waals surface area (Å²) in [5.41, 5.74) is 1.64. The smallest absolute Gasteiger partial charge is 0.270 e. The quantitative estimate of drug-likeness (QED) is 0.140. The number of thiazole rings is 1. The summed E-state index contributed by atoms with van der Waals surface area (Å²) in [5.74, 6) is 1.08. The van der Waals surface area contributed by atoms with Crippen molar-refractivity contribution in [3.05, 3.63) is 99.2 Å². The number of nitro groups is 1. The fourth-order valence-corrected chi connectivity index (χ4v) is 5.25. The van der Waals surface area contributed by atoms with E-state index in [0.717, 1.165) is 27.5 Å². The summed E-state index contributed by atoms with van der Waals surface area (Å²) < 4.78 is 6.59. The molecule has 0 unspecified atom stereocenters. The number of nitro benzene ring substituents is 1. The number of ether oxygens (including phenoxy) is 1. The summed E-state index contributed by atoms with van der Waals surface area (Å²) in [6, 6.07) is 23.2. The normalized spacial score (nSPS) is 10.7. The molecule has 0 aliphatic rings. The van der Waals surface area contributed by atoms with Gasteiger partial charge in [0.15, 0.2) is 10.2 Å². The van der Waals surface area contributed by atoms with Crippen molar-refractivity contribution < 1.29 is 14.5 Å². The highest BCUT2D eigenvalue weighted by molar-refractivity contribution is 7.80. The third kappa shape index (κ3) is 5.38. The Kier molecular flexibility index (Phi) is 6.67. The van der Waals surface area contributed by atoms with E-state index in [2.05, 4.69) is 15.6 Å². The fourth-order valence-electron chi connectivity index (χ4n) is 3.33. The van der Waals surface area contributed by atoms with Crippen LogP contribution in [0.4, 0.5) is 10.8 Å². The molecule has 2 N–H and O–H groups in total. The molecule has 0 saturated heterocycles. The number of hydrogen-bond donors (Lipinski definition) is 2. The second kappa shape index (κ2) is 10.2. The zero-order valence-electron chi connectivity index (χ0n) is 18.3. The van der Waals surface area contributed by atoms with E-state index >= 15 is 0 Å². The van der Waals surface area contributed by atoms with Crippen LogP contribution in [-0.2, 0) is 0 Å². The average Bonchev–Trinajstić information content (AvgIpc) is 3.52. The van der Waals surface area contributed by atoms with Crippen LogP contribution < -0.4 is 15.4 Å². The van der Waals surface area contributed by atoms with Crippen LogP contribution in [0.15, 0.2) is 84.2 Å². The second-order valence-electron chi connectivity index (χ2n) is 7.48. The highest BCUT2D eigenvalue weighted by Crippen LogP contribution is 2.30. The molecule has 36 heavy (non-hydrogen) atoms. The number of nitrogens with zero attached hydrogens (tertiary/aromatic N) is 2. The number of hydrogen-bond acceptors (Lipinski definition) is 8. The van der Waals surface area contributed by atoms with Crippen molar-refractivity contribution >= 4 is 66.8 Å². The average molecular weight is 533 g/mol.